The van der Waals surface area contributed by atoms with Gasteiger partial charge in [-0.15, -0.1) is 0 Å². The second-order valence-corrected chi connectivity index (χ2v) is 6.61. The van der Waals surface area contributed by atoms with Crippen LogP contribution in [0.25, 0.3) is 0 Å². The van der Waals surface area contributed by atoms with Crippen LogP contribution in [-0.4, -0.2) is 29.1 Å². The van der Waals surface area contributed by atoms with Gasteiger partial charge in [-0.25, -0.2) is 0 Å². The molecular formula is C18H27NO2. The molecule has 0 radical (unpaired) electrons. The Morgan fingerprint density at radius 2 is 1.90 bits per heavy atom. The van der Waals surface area contributed by atoms with Crippen molar-refractivity contribution in [2.75, 3.05) is 13.1 Å². The third-order valence-corrected chi connectivity index (χ3v) is 5.28. The van der Waals surface area contributed by atoms with E-state index in [0.717, 1.165) is 19.4 Å². The monoisotopic (exact) mass is 289 g/mol. The second-order valence-electron chi connectivity index (χ2n) is 6.61. The van der Waals surface area contributed by atoms with Crippen LogP contribution in [0.15, 0.2) is 24.3 Å². The first-order valence-electron chi connectivity index (χ1n) is 7.97. The minimum absolute atomic E-state index is 0.162. The van der Waals surface area contributed by atoms with E-state index >= 15 is 0 Å². The van der Waals surface area contributed by atoms with E-state index in [0.29, 0.717) is 6.54 Å². The summed E-state index contributed by atoms with van der Waals surface area (Å²) in [6.45, 7) is 9.90. The molecule has 1 aromatic carbocycles. The number of aryl methyl sites for hydroxylation is 1. The largest absolute Gasteiger partial charge is 0.481 e. The van der Waals surface area contributed by atoms with Crippen LogP contribution in [0.4, 0.5) is 0 Å². The van der Waals surface area contributed by atoms with Gasteiger partial charge in [0, 0.05) is 12.6 Å². The Kier molecular flexibility index (Phi) is 4.72. The summed E-state index contributed by atoms with van der Waals surface area (Å²) in [5.74, 6) is -0.483. The summed E-state index contributed by atoms with van der Waals surface area (Å²) in [6.07, 6.45) is 1.80. The Morgan fingerprint density at radius 1 is 1.29 bits per heavy atom. The zero-order chi connectivity index (χ0) is 15.6. The van der Waals surface area contributed by atoms with E-state index in [1.165, 1.54) is 11.1 Å². The molecule has 1 aliphatic heterocycles. The lowest BCUT2D eigenvalue weighted by Crippen LogP contribution is -2.39. The summed E-state index contributed by atoms with van der Waals surface area (Å²) in [6, 6.07) is 8.99. The smallest absolute Gasteiger partial charge is 0.311 e. The zero-order valence-electron chi connectivity index (χ0n) is 13.6. The second kappa shape index (κ2) is 6.18. The van der Waals surface area contributed by atoms with Gasteiger partial charge in [0.25, 0.3) is 0 Å². The summed E-state index contributed by atoms with van der Waals surface area (Å²) in [4.78, 5) is 14.0. The van der Waals surface area contributed by atoms with E-state index in [9.17, 15) is 9.90 Å². The van der Waals surface area contributed by atoms with Crippen molar-refractivity contribution in [3.8, 4) is 0 Å². The number of carboxylic acids is 1. The van der Waals surface area contributed by atoms with Crippen molar-refractivity contribution >= 4 is 5.97 Å². The maximum absolute atomic E-state index is 11.7. The fraction of sp³-hybridized carbons (Fsp3) is 0.611. The number of hydrogen-bond acceptors (Lipinski definition) is 2. The highest BCUT2D eigenvalue weighted by atomic mass is 16.4. The first-order valence-corrected chi connectivity index (χ1v) is 7.97. The minimum Gasteiger partial charge on any atom is -0.481 e. The average Bonchev–Trinajstić information content (AvgIpc) is 2.93. The maximum atomic E-state index is 11.7. The summed E-state index contributed by atoms with van der Waals surface area (Å²) in [7, 11) is 0. The number of benzene rings is 1. The van der Waals surface area contributed by atoms with Crippen molar-refractivity contribution in [2.45, 2.75) is 46.6 Å². The van der Waals surface area contributed by atoms with Crippen LogP contribution in [0.5, 0.6) is 0 Å². The first-order chi connectivity index (χ1) is 9.90. The molecule has 0 aliphatic carbocycles. The highest BCUT2D eigenvalue weighted by Gasteiger charge is 2.48. The van der Waals surface area contributed by atoms with Crippen LogP contribution in [0, 0.1) is 11.3 Å². The molecule has 1 saturated heterocycles. The normalized spacial score (nSPS) is 24.4. The third-order valence-electron chi connectivity index (χ3n) is 5.28. The number of aliphatic carboxylic acids is 1. The van der Waals surface area contributed by atoms with Crippen molar-refractivity contribution < 1.29 is 9.90 Å². The van der Waals surface area contributed by atoms with Gasteiger partial charge in [0.2, 0.25) is 0 Å². The molecule has 1 fully saturated rings. The molecule has 116 valence electrons. The number of hydrogen-bond donors (Lipinski definition) is 1. The highest BCUT2D eigenvalue weighted by molar-refractivity contribution is 5.75. The van der Waals surface area contributed by atoms with Crippen molar-refractivity contribution in [1.82, 2.24) is 4.90 Å². The van der Waals surface area contributed by atoms with Gasteiger partial charge in [0.05, 0.1) is 5.41 Å². The molecule has 0 amide bonds. The maximum Gasteiger partial charge on any atom is 0.311 e. The Balaban J connectivity index is 2.14. The molecule has 2 atom stereocenters. The Bertz CT molecular complexity index is 494. The number of carbonyl (C=O) groups is 1. The quantitative estimate of drug-likeness (QED) is 0.897. The van der Waals surface area contributed by atoms with E-state index in [-0.39, 0.29) is 12.0 Å². The van der Waals surface area contributed by atoms with Crippen LogP contribution in [-0.2, 0) is 11.2 Å². The van der Waals surface area contributed by atoms with E-state index in [1.54, 1.807) is 0 Å². The Hall–Kier alpha value is -1.35. The highest BCUT2D eigenvalue weighted by Crippen LogP contribution is 2.41. The van der Waals surface area contributed by atoms with Crippen LogP contribution in [0.2, 0.25) is 0 Å². The van der Waals surface area contributed by atoms with Crippen LogP contribution in [0.3, 0.4) is 0 Å². The molecule has 0 spiro atoms. The van der Waals surface area contributed by atoms with Crippen LogP contribution < -0.4 is 0 Å². The van der Waals surface area contributed by atoms with Crippen LogP contribution >= 0.6 is 0 Å². The lowest BCUT2D eigenvalue weighted by molar-refractivity contribution is -0.151. The zero-order valence-corrected chi connectivity index (χ0v) is 13.6. The third kappa shape index (κ3) is 2.98. The Morgan fingerprint density at radius 3 is 2.33 bits per heavy atom. The SMILES string of the molecule is CCc1ccc(C(C)N2CCC(C(=O)O)(C(C)C)C2)cc1. The first kappa shape index (κ1) is 16.0. The molecule has 2 rings (SSSR count). The van der Waals surface area contributed by atoms with Gasteiger partial charge < -0.3 is 5.11 Å². The minimum atomic E-state index is -0.645. The predicted molar refractivity (Wildman–Crippen MR) is 85.3 cm³/mol. The number of likely N-dealkylation sites (tertiary alicyclic amines) is 1. The predicted octanol–water partition coefficient (Wildman–Crippen LogP) is 3.74. The molecule has 0 aromatic heterocycles. The van der Waals surface area contributed by atoms with Gasteiger partial charge in [0.1, 0.15) is 0 Å². The number of nitrogens with zero attached hydrogens (tertiary/aromatic N) is 1. The molecule has 1 aromatic rings. The van der Waals surface area contributed by atoms with Gasteiger partial charge in [-0.05, 0) is 43.4 Å². The molecular weight excluding hydrogens is 262 g/mol. The van der Waals surface area contributed by atoms with Gasteiger partial charge >= 0.3 is 5.97 Å². The molecule has 2 unspecified atom stereocenters. The molecule has 1 N–H and O–H groups in total. The van der Waals surface area contributed by atoms with Gasteiger partial charge in [-0.3, -0.25) is 9.69 Å². The van der Waals surface area contributed by atoms with E-state index in [4.69, 9.17) is 0 Å². The van der Waals surface area contributed by atoms with E-state index in [1.807, 2.05) is 13.8 Å². The molecule has 3 nitrogen and oxygen atoms in total. The van der Waals surface area contributed by atoms with E-state index < -0.39 is 11.4 Å². The molecule has 1 heterocycles. The van der Waals surface area contributed by atoms with Crippen molar-refractivity contribution in [1.29, 1.82) is 0 Å². The van der Waals surface area contributed by atoms with E-state index in [2.05, 4.69) is 43.0 Å². The van der Waals surface area contributed by atoms with Crippen molar-refractivity contribution in [3.05, 3.63) is 35.4 Å². The topological polar surface area (TPSA) is 40.5 Å². The molecule has 3 heteroatoms. The van der Waals surface area contributed by atoms with Crippen LogP contribution in [0.1, 0.15) is 51.3 Å². The summed E-state index contributed by atoms with van der Waals surface area (Å²) >= 11 is 0. The lowest BCUT2D eigenvalue weighted by Gasteiger charge is -2.31. The summed E-state index contributed by atoms with van der Waals surface area (Å²) in [5.41, 5.74) is 2.03. The summed E-state index contributed by atoms with van der Waals surface area (Å²) < 4.78 is 0. The average molecular weight is 289 g/mol. The number of rotatable bonds is 5. The van der Waals surface area contributed by atoms with Gasteiger partial charge in [0.15, 0.2) is 0 Å². The van der Waals surface area contributed by atoms with Gasteiger partial charge in [-0.1, -0.05) is 45.0 Å². The molecule has 0 bridgehead atoms. The lowest BCUT2D eigenvalue weighted by atomic mass is 9.76. The fourth-order valence-electron chi connectivity index (χ4n) is 3.33. The molecule has 1 aliphatic rings. The Labute approximate surface area is 128 Å². The molecule has 21 heavy (non-hydrogen) atoms. The fourth-order valence-corrected chi connectivity index (χ4v) is 3.33. The van der Waals surface area contributed by atoms with Crippen molar-refractivity contribution in [3.63, 3.8) is 0 Å². The molecule has 0 saturated carbocycles. The number of carboxylic acid groups (broad SMARTS) is 1. The standard InChI is InChI=1S/C18H27NO2/c1-5-15-6-8-16(9-7-15)14(4)19-11-10-18(12-19,13(2)3)17(20)21/h6-9,13-14H,5,10-12H2,1-4H3,(H,20,21). The van der Waals surface area contributed by atoms with Crippen molar-refractivity contribution in [2.24, 2.45) is 11.3 Å². The van der Waals surface area contributed by atoms with Gasteiger partial charge in [-0.2, -0.15) is 0 Å². The summed E-state index contributed by atoms with van der Waals surface area (Å²) in [5, 5.41) is 9.65.